The Balaban J connectivity index is 1.80. The van der Waals surface area contributed by atoms with Crippen LogP contribution < -0.4 is 0 Å². The average Bonchev–Trinajstić information content (AvgIpc) is 2.65. The molecule has 0 radical (unpaired) electrons. The maximum absolute atomic E-state index is 11.5. The number of esters is 1. The molecule has 0 N–H and O–H groups in total. The van der Waals surface area contributed by atoms with Gasteiger partial charge in [-0.1, -0.05) is 6.42 Å². The summed E-state index contributed by atoms with van der Waals surface area (Å²) in [5, 5.41) is 0. The molecule has 0 aromatic rings. The van der Waals surface area contributed by atoms with Gasteiger partial charge in [0, 0.05) is 12.1 Å². The number of piperidine rings is 3. The molecule has 4 heterocycles. The largest absolute Gasteiger partial charge is 0.450 e. The van der Waals surface area contributed by atoms with Crippen molar-refractivity contribution in [1.29, 1.82) is 0 Å². The summed E-state index contributed by atoms with van der Waals surface area (Å²) >= 11 is 0. The molecule has 3 nitrogen and oxygen atoms in total. The van der Waals surface area contributed by atoms with Crippen molar-refractivity contribution in [3.63, 3.8) is 0 Å². The molecule has 0 amide bonds. The van der Waals surface area contributed by atoms with Crippen LogP contribution in [0.4, 0.5) is 0 Å². The number of hydrogen-bond acceptors (Lipinski definition) is 3. The van der Waals surface area contributed by atoms with Gasteiger partial charge in [0.05, 0.1) is 6.04 Å². The second-order valence-corrected chi connectivity index (χ2v) is 5.63. The second kappa shape index (κ2) is 2.89. The van der Waals surface area contributed by atoms with E-state index < -0.39 is 0 Å². The van der Waals surface area contributed by atoms with Crippen LogP contribution >= 0.6 is 0 Å². The molecular weight excluding hydrogens is 202 g/mol. The highest BCUT2D eigenvalue weighted by molar-refractivity contribution is 5.87. The van der Waals surface area contributed by atoms with Gasteiger partial charge in [0.15, 0.2) is 0 Å². The van der Waals surface area contributed by atoms with Gasteiger partial charge >= 0.3 is 5.97 Å². The van der Waals surface area contributed by atoms with Crippen LogP contribution in [0.5, 0.6) is 0 Å². The van der Waals surface area contributed by atoms with Crippen LogP contribution in [-0.4, -0.2) is 35.1 Å². The minimum atomic E-state index is -0.202. The summed E-state index contributed by atoms with van der Waals surface area (Å²) in [6, 6.07) is 1.18. The molecule has 1 spiro atoms. The number of carbonyl (C=O) groups excluding carboxylic acids is 1. The van der Waals surface area contributed by atoms with E-state index in [1.807, 2.05) is 0 Å². The van der Waals surface area contributed by atoms with Crippen LogP contribution in [-0.2, 0) is 9.53 Å². The number of fused-ring (bicyclic) bond motifs is 1. The molecule has 1 aliphatic carbocycles. The number of ether oxygens (including phenoxy) is 1. The molecule has 0 aromatic heterocycles. The minimum absolute atomic E-state index is 0.0944. The molecule has 5 rings (SSSR count). The van der Waals surface area contributed by atoms with E-state index in [0.717, 1.165) is 12.8 Å². The summed E-state index contributed by atoms with van der Waals surface area (Å²) < 4.78 is 5.74. The molecular formula is C13H17NO2. The van der Waals surface area contributed by atoms with Gasteiger partial charge < -0.3 is 4.74 Å². The SMILES string of the molecule is O=C1C=C2CC3CCC2(O1)C1CCCCN31. The highest BCUT2D eigenvalue weighted by atomic mass is 16.6. The summed E-state index contributed by atoms with van der Waals surface area (Å²) in [6.45, 7) is 1.21. The van der Waals surface area contributed by atoms with E-state index in [-0.39, 0.29) is 11.6 Å². The zero-order valence-corrected chi connectivity index (χ0v) is 9.45. The van der Waals surface area contributed by atoms with Crippen molar-refractivity contribution in [3.8, 4) is 0 Å². The molecule has 1 saturated carbocycles. The van der Waals surface area contributed by atoms with Crippen LogP contribution in [0.15, 0.2) is 11.6 Å². The van der Waals surface area contributed by atoms with Crippen molar-refractivity contribution in [2.45, 2.75) is 56.2 Å². The smallest absolute Gasteiger partial charge is 0.331 e. The maximum atomic E-state index is 11.5. The van der Waals surface area contributed by atoms with Gasteiger partial charge in [-0.2, -0.15) is 0 Å². The van der Waals surface area contributed by atoms with Gasteiger partial charge in [0.1, 0.15) is 5.60 Å². The number of carbonyl (C=O) groups is 1. The zero-order valence-electron chi connectivity index (χ0n) is 9.45. The minimum Gasteiger partial charge on any atom is -0.450 e. The van der Waals surface area contributed by atoms with Crippen LogP contribution in [0.2, 0.25) is 0 Å². The fourth-order valence-electron chi connectivity index (χ4n) is 4.34. The molecule has 0 aromatic carbocycles. The number of hydrogen-bond donors (Lipinski definition) is 0. The third kappa shape index (κ3) is 0.956. The first kappa shape index (κ1) is 9.23. The Labute approximate surface area is 95.4 Å². The van der Waals surface area contributed by atoms with Crippen molar-refractivity contribution < 1.29 is 9.53 Å². The normalized spacial score (nSPS) is 46.0. The van der Waals surface area contributed by atoms with Crippen LogP contribution in [0.1, 0.15) is 38.5 Å². The first-order chi connectivity index (χ1) is 7.79. The van der Waals surface area contributed by atoms with E-state index in [9.17, 15) is 4.79 Å². The van der Waals surface area contributed by atoms with E-state index in [2.05, 4.69) is 4.90 Å². The van der Waals surface area contributed by atoms with E-state index in [1.165, 1.54) is 37.8 Å². The first-order valence-corrected chi connectivity index (χ1v) is 6.49. The standard InChI is InChI=1S/C13H17NO2/c15-12-8-9-7-10-4-5-13(9,16-12)11-3-1-2-6-14(10)11/h8,10-11H,1-7H2. The van der Waals surface area contributed by atoms with Gasteiger partial charge in [-0.15, -0.1) is 0 Å². The van der Waals surface area contributed by atoms with E-state index >= 15 is 0 Å². The highest BCUT2D eigenvalue weighted by Gasteiger charge is 2.59. The monoisotopic (exact) mass is 219 g/mol. The molecule has 3 heteroatoms. The van der Waals surface area contributed by atoms with Crippen molar-refractivity contribution >= 4 is 5.97 Å². The Morgan fingerprint density at radius 1 is 1.38 bits per heavy atom. The third-order valence-corrected chi connectivity index (χ3v) is 4.97. The summed E-state index contributed by atoms with van der Waals surface area (Å²) in [7, 11) is 0. The molecule has 2 bridgehead atoms. The fraction of sp³-hybridized carbons (Fsp3) is 0.769. The summed E-state index contributed by atoms with van der Waals surface area (Å²) in [5.74, 6) is -0.0944. The third-order valence-electron chi connectivity index (χ3n) is 4.97. The predicted molar refractivity (Wildman–Crippen MR) is 58.9 cm³/mol. The van der Waals surface area contributed by atoms with E-state index in [4.69, 9.17) is 4.74 Å². The van der Waals surface area contributed by atoms with Crippen LogP contribution in [0, 0.1) is 0 Å². The van der Waals surface area contributed by atoms with Gasteiger partial charge in [0.25, 0.3) is 0 Å². The van der Waals surface area contributed by atoms with Crippen molar-refractivity contribution in [1.82, 2.24) is 4.90 Å². The lowest BCUT2D eigenvalue weighted by molar-refractivity contribution is -0.169. The van der Waals surface area contributed by atoms with Crippen molar-refractivity contribution in [2.24, 2.45) is 0 Å². The summed E-state index contributed by atoms with van der Waals surface area (Å²) in [6.07, 6.45) is 8.94. The van der Waals surface area contributed by atoms with Gasteiger partial charge in [-0.05, 0) is 44.2 Å². The summed E-state index contributed by atoms with van der Waals surface area (Å²) in [5.41, 5.74) is 1.10. The zero-order chi connectivity index (χ0) is 10.8. The fourth-order valence-corrected chi connectivity index (χ4v) is 4.34. The van der Waals surface area contributed by atoms with Crippen LogP contribution in [0.25, 0.3) is 0 Å². The summed E-state index contributed by atoms with van der Waals surface area (Å²) in [4.78, 5) is 14.2. The molecule has 86 valence electrons. The topological polar surface area (TPSA) is 29.5 Å². The number of rotatable bonds is 0. The lowest BCUT2D eigenvalue weighted by Gasteiger charge is -2.58. The van der Waals surface area contributed by atoms with E-state index in [1.54, 1.807) is 6.08 Å². The van der Waals surface area contributed by atoms with Gasteiger partial charge in [0.2, 0.25) is 0 Å². The quantitative estimate of drug-likeness (QED) is 0.580. The lowest BCUT2D eigenvalue weighted by atomic mass is 9.66. The van der Waals surface area contributed by atoms with Gasteiger partial charge in [-0.3, -0.25) is 4.90 Å². The first-order valence-electron chi connectivity index (χ1n) is 6.49. The Bertz CT molecular complexity index is 389. The lowest BCUT2D eigenvalue weighted by Crippen LogP contribution is -2.66. The molecule has 4 aliphatic heterocycles. The maximum Gasteiger partial charge on any atom is 0.331 e. The Hall–Kier alpha value is -0.830. The predicted octanol–water partition coefficient (Wildman–Crippen LogP) is 1.63. The van der Waals surface area contributed by atoms with E-state index in [0.29, 0.717) is 12.1 Å². The second-order valence-electron chi connectivity index (χ2n) is 5.63. The van der Waals surface area contributed by atoms with Crippen molar-refractivity contribution in [3.05, 3.63) is 11.6 Å². The Morgan fingerprint density at radius 2 is 2.31 bits per heavy atom. The van der Waals surface area contributed by atoms with Gasteiger partial charge in [-0.25, -0.2) is 4.79 Å². The molecule has 5 aliphatic rings. The molecule has 3 atom stereocenters. The Kier molecular flexibility index (Phi) is 1.67. The molecule has 3 unspecified atom stereocenters. The molecule has 16 heavy (non-hydrogen) atoms. The number of nitrogens with zero attached hydrogens (tertiary/aromatic N) is 1. The average molecular weight is 219 g/mol. The molecule has 4 fully saturated rings. The van der Waals surface area contributed by atoms with Crippen molar-refractivity contribution in [2.75, 3.05) is 6.54 Å². The van der Waals surface area contributed by atoms with Crippen LogP contribution in [0.3, 0.4) is 0 Å². The Morgan fingerprint density at radius 3 is 3.25 bits per heavy atom. The highest BCUT2D eigenvalue weighted by Crippen LogP contribution is 2.53. The molecule has 3 saturated heterocycles.